The number of aliphatic imine (C=N–C) groups is 1. The maximum Gasteiger partial charge on any atom is 0.193 e. The minimum absolute atomic E-state index is 0. The van der Waals surface area contributed by atoms with Gasteiger partial charge in [0.15, 0.2) is 5.96 Å². The van der Waals surface area contributed by atoms with E-state index in [1.807, 2.05) is 7.05 Å². The van der Waals surface area contributed by atoms with Crippen molar-refractivity contribution in [2.75, 3.05) is 39.9 Å². The van der Waals surface area contributed by atoms with Crippen LogP contribution >= 0.6 is 24.0 Å². The molecule has 0 aliphatic carbocycles. The van der Waals surface area contributed by atoms with Crippen LogP contribution < -0.4 is 5.32 Å². The van der Waals surface area contributed by atoms with Crippen LogP contribution in [0, 0.1) is 5.41 Å². The number of rotatable bonds is 3. The minimum Gasteiger partial charge on any atom is -0.381 e. The van der Waals surface area contributed by atoms with Crippen LogP contribution in [0.4, 0.5) is 0 Å². The number of nitrogens with one attached hydrogen (secondary N) is 2. The fraction of sp³-hybridized carbons (Fsp3) is 0.526. The van der Waals surface area contributed by atoms with Gasteiger partial charge >= 0.3 is 0 Å². The van der Waals surface area contributed by atoms with Gasteiger partial charge in [-0.3, -0.25) is 4.99 Å². The zero-order valence-corrected chi connectivity index (χ0v) is 17.1. The van der Waals surface area contributed by atoms with Crippen LogP contribution in [0.25, 0.3) is 10.9 Å². The lowest BCUT2D eigenvalue weighted by Crippen LogP contribution is -2.42. The molecule has 0 saturated carbocycles. The monoisotopic (exact) mass is 454 g/mol. The Morgan fingerprint density at radius 2 is 2.24 bits per heavy atom. The lowest BCUT2D eigenvalue weighted by atomic mass is 9.87. The van der Waals surface area contributed by atoms with Gasteiger partial charge in [0.1, 0.15) is 0 Å². The van der Waals surface area contributed by atoms with Crippen LogP contribution in [0.5, 0.6) is 0 Å². The first-order chi connectivity index (χ1) is 11.8. The number of likely N-dealkylation sites (tertiary alicyclic amines) is 1. The molecule has 2 N–H and O–H groups in total. The van der Waals surface area contributed by atoms with Crippen molar-refractivity contribution in [3.63, 3.8) is 0 Å². The average molecular weight is 454 g/mol. The van der Waals surface area contributed by atoms with Gasteiger partial charge in [-0.2, -0.15) is 0 Å². The molecule has 3 heterocycles. The summed E-state index contributed by atoms with van der Waals surface area (Å²) in [6, 6.07) is 8.47. The molecule has 2 aromatic rings. The summed E-state index contributed by atoms with van der Waals surface area (Å²) in [6.45, 7) is 4.88. The van der Waals surface area contributed by atoms with Crippen molar-refractivity contribution in [3.05, 3.63) is 36.0 Å². The molecule has 2 aliphatic rings. The highest BCUT2D eigenvalue weighted by atomic mass is 127. The molecular formula is C19H27IN4O. The molecule has 0 radical (unpaired) electrons. The van der Waals surface area contributed by atoms with Crippen LogP contribution in [0.3, 0.4) is 0 Å². The van der Waals surface area contributed by atoms with Gasteiger partial charge in [-0.1, -0.05) is 18.2 Å². The molecule has 0 amide bonds. The molecule has 6 heteroatoms. The topological polar surface area (TPSA) is 52.7 Å². The van der Waals surface area contributed by atoms with Crippen LogP contribution in [-0.2, 0) is 11.2 Å². The number of halogens is 1. The molecule has 1 unspecified atom stereocenters. The number of para-hydroxylation sites is 1. The highest BCUT2D eigenvalue weighted by molar-refractivity contribution is 14.0. The molecular weight excluding hydrogens is 427 g/mol. The third-order valence-corrected chi connectivity index (χ3v) is 5.49. The molecule has 5 nitrogen and oxygen atoms in total. The number of aromatic amines is 1. The van der Waals surface area contributed by atoms with Crippen molar-refractivity contribution in [1.29, 1.82) is 0 Å². The third kappa shape index (κ3) is 3.79. The summed E-state index contributed by atoms with van der Waals surface area (Å²) in [5.41, 5.74) is 2.93. The van der Waals surface area contributed by atoms with E-state index < -0.39 is 0 Å². The van der Waals surface area contributed by atoms with Gasteiger partial charge in [0, 0.05) is 55.8 Å². The van der Waals surface area contributed by atoms with Crippen molar-refractivity contribution in [2.45, 2.75) is 19.3 Å². The first kappa shape index (κ1) is 18.5. The summed E-state index contributed by atoms with van der Waals surface area (Å²) >= 11 is 0. The smallest absolute Gasteiger partial charge is 0.193 e. The summed E-state index contributed by atoms with van der Waals surface area (Å²) in [7, 11) is 1.88. The highest BCUT2D eigenvalue weighted by Crippen LogP contribution is 2.38. The Hall–Kier alpha value is -1.28. The Morgan fingerprint density at radius 1 is 1.36 bits per heavy atom. The van der Waals surface area contributed by atoms with Crippen molar-refractivity contribution in [2.24, 2.45) is 10.4 Å². The largest absolute Gasteiger partial charge is 0.381 e. The van der Waals surface area contributed by atoms with Gasteiger partial charge in [-0.05, 0) is 30.9 Å². The zero-order chi connectivity index (χ0) is 16.4. The number of ether oxygens (including phenoxy) is 1. The highest BCUT2D eigenvalue weighted by Gasteiger charge is 2.42. The summed E-state index contributed by atoms with van der Waals surface area (Å²) in [6.07, 6.45) is 5.52. The van der Waals surface area contributed by atoms with Crippen LogP contribution in [0.15, 0.2) is 35.5 Å². The Balaban J connectivity index is 0.00000182. The molecule has 136 valence electrons. The van der Waals surface area contributed by atoms with Crippen molar-refractivity contribution >= 4 is 40.8 Å². The quantitative estimate of drug-likeness (QED) is 0.426. The predicted octanol–water partition coefficient (Wildman–Crippen LogP) is 3.02. The first-order valence-corrected chi connectivity index (χ1v) is 8.88. The Morgan fingerprint density at radius 3 is 3.04 bits per heavy atom. The van der Waals surface area contributed by atoms with Crippen molar-refractivity contribution < 1.29 is 4.74 Å². The van der Waals surface area contributed by atoms with Gasteiger partial charge in [0.25, 0.3) is 0 Å². The molecule has 1 aromatic heterocycles. The fourth-order valence-electron chi connectivity index (χ4n) is 4.07. The van der Waals surface area contributed by atoms with Gasteiger partial charge in [-0.25, -0.2) is 0 Å². The molecule has 2 saturated heterocycles. The van der Waals surface area contributed by atoms with Gasteiger partial charge in [0.2, 0.25) is 0 Å². The maximum atomic E-state index is 5.62. The summed E-state index contributed by atoms with van der Waals surface area (Å²) in [5.74, 6) is 1.03. The van der Waals surface area contributed by atoms with Crippen molar-refractivity contribution in [1.82, 2.24) is 15.2 Å². The lowest BCUT2D eigenvalue weighted by Gasteiger charge is -2.24. The van der Waals surface area contributed by atoms with E-state index in [9.17, 15) is 0 Å². The first-order valence-electron chi connectivity index (χ1n) is 8.88. The number of hydrogen-bond acceptors (Lipinski definition) is 2. The predicted molar refractivity (Wildman–Crippen MR) is 113 cm³/mol. The average Bonchev–Trinajstić information content (AvgIpc) is 3.34. The van der Waals surface area contributed by atoms with E-state index in [-0.39, 0.29) is 24.0 Å². The van der Waals surface area contributed by atoms with Crippen molar-refractivity contribution in [3.8, 4) is 0 Å². The van der Waals surface area contributed by atoms with E-state index in [2.05, 4.69) is 50.7 Å². The number of fused-ring (bicyclic) bond motifs is 1. The fourth-order valence-corrected chi connectivity index (χ4v) is 4.07. The normalized spacial score (nSPS) is 23.4. The maximum absolute atomic E-state index is 5.62. The molecule has 0 bridgehead atoms. The second-order valence-electron chi connectivity index (χ2n) is 7.06. The number of hydrogen-bond donors (Lipinski definition) is 2. The Bertz CT molecular complexity index is 736. The number of benzene rings is 1. The van der Waals surface area contributed by atoms with E-state index in [0.717, 1.165) is 45.2 Å². The standard InChI is InChI=1S/C19H26N4O.HI/c1-20-18(23-10-7-19(13-23)8-11-24-14-19)21-9-6-15-12-22-17-5-3-2-4-16(15)17;/h2-5,12,22H,6-11,13-14H2,1H3,(H,20,21);1H. The van der Waals surface area contributed by atoms with E-state index in [4.69, 9.17) is 4.74 Å². The second kappa shape index (κ2) is 7.95. The molecule has 1 aromatic carbocycles. The number of aromatic nitrogens is 1. The van der Waals surface area contributed by atoms with Gasteiger partial charge < -0.3 is 19.9 Å². The van der Waals surface area contributed by atoms with E-state index in [1.54, 1.807) is 0 Å². The third-order valence-electron chi connectivity index (χ3n) is 5.49. The Kier molecular flexibility index (Phi) is 5.89. The van der Waals surface area contributed by atoms with E-state index in [0.29, 0.717) is 5.41 Å². The number of H-pyrrole nitrogens is 1. The van der Waals surface area contributed by atoms with Crippen LogP contribution in [0.2, 0.25) is 0 Å². The Labute approximate surface area is 166 Å². The SMILES string of the molecule is CN=C(NCCc1c[nH]c2ccccc12)N1CCC2(CCOC2)C1.I. The number of nitrogens with zero attached hydrogens (tertiary/aromatic N) is 2. The summed E-state index contributed by atoms with van der Waals surface area (Å²) in [5, 5.41) is 4.86. The zero-order valence-electron chi connectivity index (χ0n) is 14.8. The molecule has 4 rings (SSSR count). The second-order valence-corrected chi connectivity index (χ2v) is 7.06. The molecule has 1 atom stereocenters. The summed E-state index contributed by atoms with van der Waals surface area (Å²) in [4.78, 5) is 10.2. The van der Waals surface area contributed by atoms with E-state index >= 15 is 0 Å². The summed E-state index contributed by atoms with van der Waals surface area (Å²) < 4.78 is 5.62. The number of guanidine groups is 1. The van der Waals surface area contributed by atoms with Gasteiger partial charge in [0.05, 0.1) is 6.61 Å². The molecule has 1 spiro atoms. The van der Waals surface area contributed by atoms with Gasteiger partial charge in [-0.15, -0.1) is 24.0 Å². The van der Waals surface area contributed by atoms with Crippen LogP contribution in [-0.4, -0.2) is 55.7 Å². The minimum atomic E-state index is 0. The van der Waals surface area contributed by atoms with E-state index in [1.165, 1.54) is 29.3 Å². The molecule has 25 heavy (non-hydrogen) atoms. The lowest BCUT2D eigenvalue weighted by molar-refractivity contribution is 0.156. The molecule has 2 fully saturated rings. The molecule has 2 aliphatic heterocycles. The van der Waals surface area contributed by atoms with Crippen LogP contribution in [0.1, 0.15) is 18.4 Å².